The van der Waals surface area contributed by atoms with Crippen molar-refractivity contribution in [2.45, 2.75) is 0 Å². The van der Waals surface area contributed by atoms with Gasteiger partial charge in [-0.25, -0.2) is 9.80 Å². The van der Waals surface area contributed by atoms with E-state index < -0.39 is 5.97 Å². The molecule has 1 aliphatic rings. The van der Waals surface area contributed by atoms with Gasteiger partial charge in [-0.15, -0.1) is 0 Å². The largest absolute Gasteiger partial charge is 0.478 e. The smallest absolute Gasteiger partial charge is 0.337 e. The third-order valence-electron chi connectivity index (χ3n) is 1.82. The van der Waals surface area contributed by atoms with Gasteiger partial charge >= 0.3 is 5.97 Å². The molecule has 1 aromatic rings. The van der Waals surface area contributed by atoms with Crippen LogP contribution >= 0.6 is 0 Å². The quantitative estimate of drug-likeness (QED) is 0.735. The van der Waals surface area contributed by atoms with E-state index in [-0.39, 0.29) is 5.56 Å². The molecule has 0 bridgehead atoms. The van der Waals surface area contributed by atoms with Gasteiger partial charge in [0.15, 0.2) is 0 Å². The second kappa shape index (κ2) is 3.39. The van der Waals surface area contributed by atoms with Crippen molar-refractivity contribution in [2.75, 3.05) is 5.01 Å². The van der Waals surface area contributed by atoms with Gasteiger partial charge in [0.2, 0.25) is 0 Å². The average molecular weight is 192 g/mol. The van der Waals surface area contributed by atoms with Crippen molar-refractivity contribution in [3.05, 3.63) is 42.3 Å². The molecule has 1 aromatic carbocycles. The van der Waals surface area contributed by atoms with Crippen LogP contribution in [-0.4, -0.2) is 11.1 Å². The summed E-state index contributed by atoms with van der Waals surface area (Å²) < 4.78 is 0. The molecule has 2 rings (SSSR count). The van der Waals surface area contributed by atoms with Crippen LogP contribution in [0.2, 0.25) is 0 Å². The third kappa shape index (κ3) is 1.40. The molecule has 1 heterocycles. The van der Waals surface area contributed by atoms with Crippen molar-refractivity contribution in [1.82, 2.24) is 5.59 Å². The van der Waals surface area contributed by atoms with E-state index in [1.807, 2.05) is 0 Å². The second-order valence-electron chi connectivity index (χ2n) is 2.69. The van der Waals surface area contributed by atoms with Gasteiger partial charge in [-0.3, -0.25) is 0 Å². The second-order valence-corrected chi connectivity index (χ2v) is 2.69. The summed E-state index contributed by atoms with van der Waals surface area (Å²) in [7, 11) is 0. The zero-order valence-electron chi connectivity index (χ0n) is 7.18. The van der Waals surface area contributed by atoms with E-state index in [2.05, 4.69) is 5.59 Å². The fraction of sp³-hybridized carbons (Fsp3) is 0. The molecule has 0 atom stereocenters. The standard InChI is InChI=1S/C9H8N2O3/c12-9(13)7-3-1-2-4-8(7)11-5-6-14-10-11/h1-6,10H,(H,12,13). The molecule has 5 heteroatoms. The maximum atomic E-state index is 10.9. The SMILES string of the molecule is O=C(O)c1ccccc1N1C=CON1. The lowest BCUT2D eigenvalue weighted by Gasteiger charge is -2.15. The number of benzene rings is 1. The molecule has 2 N–H and O–H groups in total. The highest BCUT2D eigenvalue weighted by Gasteiger charge is 2.15. The van der Waals surface area contributed by atoms with Crippen LogP contribution < -0.4 is 10.6 Å². The molecule has 72 valence electrons. The zero-order chi connectivity index (χ0) is 9.97. The van der Waals surface area contributed by atoms with E-state index in [0.29, 0.717) is 5.69 Å². The minimum absolute atomic E-state index is 0.218. The average Bonchev–Trinajstić information content (AvgIpc) is 2.70. The van der Waals surface area contributed by atoms with E-state index >= 15 is 0 Å². The molecule has 0 saturated heterocycles. The number of hydrogen-bond acceptors (Lipinski definition) is 4. The molecular weight excluding hydrogens is 184 g/mol. The van der Waals surface area contributed by atoms with Crippen LogP contribution in [0, 0.1) is 0 Å². The predicted molar refractivity (Wildman–Crippen MR) is 49.2 cm³/mol. The number of hydrogen-bond donors (Lipinski definition) is 2. The van der Waals surface area contributed by atoms with Crippen LogP contribution in [-0.2, 0) is 4.84 Å². The summed E-state index contributed by atoms with van der Waals surface area (Å²) in [6.07, 6.45) is 3.03. The fourth-order valence-corrected chi connectivity index (χ4v) is 1.20. The van der Waals surface area contributed by atoms with Gasteiger partial charge in [-0.1, -0.05) is 17.7 Å². The molecule has 0 aliphatic carbocycles. The van der Waals surface area contributed by atoms with Crippen molar-refractivity contribution < 1.29 is 14.7 Å². The third-order valence-corrected chi connectivity index (χ3v) is 1.82. The number of rotatable bonds is 2. The lowest BCUT2D eigenvalue weighted by Crippen LogP contribution is -2.28. The Morgan fingerprint density at radius 3 is 2.86 bits per heavy atom. The van der Waals surface area contributed by atoms with Crippen LogP contribution in [0.5, 0.6) is 0 Å². The van der Waals surface area contributed by atoms with Gasteiger partial charge < -0.3 is 9.94 Å². The number of para-hydroxylation sites is 1. The van der Waals surface area contributed by atoms with Crippen molar-refractivity contribution in [2.24, 2.45) is 0 Å². The Balaban J connectivity index is 2.40. The number of carbonyl (C=O) groups is 1. The first-order valence-corrected chi connectivity index (χ1v) is 3.98. The minimum Gasteiger partial charge on any atom is -0.478 e. The van der Waals surface area contributed by atoms with Gasteiger partial charge in [-0.05, 0) is 12.1 Å². The van der Waals surface area contributed by atoms with Gasteiger partial charge in [0.1, 0.15) is 6.26 Å². The Kier molecular flexibility index (Phi) is 2.08. The first-order valence-electron chi connectivity index (χ1n) is 3.98. The molecule has 1 aliphatic heterocycles. The molecule has 0 radical (unpaired) electrons. The summed E-state index contributed by atoms with van der Waals surface area (Å²) in [5.74, 6) is -0.970. The molecule has 0 saturated carbocycles. The van der Waals surface area contributed by atoms with E-state index in [9.17, 15) is 4.79 Å². The molecule has 14 heavy (non-hydrogen) atoms. The summed E-state index contributed by atoms with van der Waals surface area (Å²) in [6.45, 7) is 0. The summed E-state index contributed by atoms with van der Waals surface area (Å²) in [5, 5.41) is 10.4. The number of carboxylic acids is 1. The number of anilines is 1. The number of aromatic carboxylic acids is 1. The predicted octanol–water partition coefficient (Wildman–Crippen LogP) is 1.11. The highest BCUT2D eigenvalue weighted by atomic mass is 16.7. The molecule has 5 nitrogen and oxygen atoms in total. The van der Waals surface area contributed by atoms with Crippen LogP contribution in [0.3, 0.4) is 0 Å². The minimum atomic E-state index is -0.970. The number of nitrogens with one attached hydrogen (secondary N) is 1. The molecule has 0 spiro atoms. The van der Waals surface area contributed by atoms with Crippen LogP contribution in [0.1, 0.15) is 10.4 Å². The van der Waals surface area contributed by atoms with Gasteiger partial charge in [0.05, 0.1) is 17.5 Å². The van der Waals surface area contributed by atoms with Crippen molar-refractivity contribution in [3.63, 3.8) is 0 Å². The Labute approximate surface area is 80.1 Å². The van der Waals surface area contributed by atoms with Gasteiger partial charge in [0, 0.05) is 0 Å². The zero-order valence-corrected chi connectivity index (χ0v) is 7.18. The maximum Gasteiger partial charge on any atom is 0.337 e. The first kappa shape index (κ1) is 8.58. The Hall–Kier alpha value is -2.01. The topological polar surface area (TPSA) is 61.8 Å². The van der Waals surface area contributed by atoms with Crippen LogP contribution in [0.25, 0.3) is 0 Å². The van der Waals surface area contributed by atoms with Crippen molar-refractivity contribution in [1.29, 1.82) is 0 Å². The highest BCUT2D eigenvalue weighted by Crippen LogP contribution is 2.20. The lowest BCUT2D eigenvalue weighted by molar-refractivity contribution is 0.0697. The van der Waals surface area contributed by atoms with Gasteiger partial charge in [-0.2, -0.15) is 0 Å². The highest BCUT2D eigenvalue weighted by molar-refractivity contribution is 5.94. The molecule has 0 fully saturated rings. The normalized spacial score (nSPS) is 14.1. The van der Waals surface area contributed by atoms with Crippen LogP contribution in [0.15, 0.2) is 36.7 Å². The molecular formula is C9H8N2O3. The molecule has 0 aromatic heterocycles. The summed E-state index contributed by atoms with van der Waals surface area (Å²) in [6, 6.07) is 6.66. The maximum absolute atomic E-state index is 10.9. The van der Waals surface area contributed by atoms with Crippen LogP contribution in [0.4, 0.5) is 5.69 Å². The van der Waals surface area contributed by atoms with Gasteiger partial charge in [0.25, 0.3) is 0 Å². The Morgan fingerprint density at radius 2 is 2.21 bits per heavy atom. The molecule has 0 amide bonds. The fourth-order valence-electron chi connectivity index (χ4n) is 1.20. The Bertz CT molecular complexity index is 389. The van der Waals surface area contributed by atoms with Crippen molar-refractivity contribution in [3.8, 4) is 0 Å². The summed E-state index contributed by atoms with van der Waals surface area (Å²) >= 11 is 0. The summed E-state index contributed by atoms with van der Waals surface area (Å²) in [5.41, 5.74) is 3.28. The lowest BCUT2D eigenvalue weighted by atomic mass is 10.2. The van der Waals surface area contributed by atoms with Crippen molar-refractivity contribution >= 4 is 11.7 Å². The van der Waals surface area contributed by atoms with E-state index in [0.717, 1.165) is 0 Å². The number of carboxylic acid groups (broad SMARTS) is 1. The number of nitrogens with zero attached hydrogens (tertiary/aromatic N) is 1. The monoisotopic (exact) mass is 192 g/mol. The number of hydrazine groups is 1. The van der Waals surface area contributed by atoms with E-state index in [4.69, 9.17) is 9.94 Å². The van der Waals surface area contributed by atoms with E-state index in [1.165, 1.54) is 17.3 Å². The Morgan fingerprint density at radius 1 is 1.43 bits per heavy atom. The molecule has 0 unspecified atom stereocenters. The first-order chi connectivity index (χ1) is 6.79. The summed E-state index contributed by atoms with van der Waals surface area (Å²) in [4.78, 5) is 15.6. The van der Waals surface area contributed by atoms with E-state index in [1.54, 1.807) is 24.4 Å².